The monoisotopic (exact) mass is 642 g/mol. The van der Waals surface area contributed by atoms with Gasteiger partial charge in [0.05, 0.1) is 26.1 Å². The Bertz CT molecular complexity index is 1850. The number of methoxy groups -OCH3 is 2. The number of pyridine rings is 2. The van der Waals surface area contributed by atoms with Crippen LogP contribution in [0.1, 0.15) is 47.9 Å². The lowest BCUT2D eigenvalue weighted by molar-refractivity contribution is -0.139. The van der Waals surface area contributed by atoms with Gasteiger partial charge in [-0.25, -0.2) is 0 Å². The average molecular weight is 643 g/mol. The third kappa shape index (κ3) is 9.74. The molecular weight excluding hydrogens is 604 g/mol. The Kier molecular flexibility index (Phi) is 12.4. The van der Waals surface area contributed by atoms with E-state index in [2.05, 4.69) is 22.1 Å². The van der Waals surface area contributed by atoms with E-state index < -0.39 is 23.8 Å². The van der Waals surface area contributed by atoms with E-state index in [-0.39, 0.29) is 0 Å². The highest BCUT2D eigenvalue weighted by atomic mass is 16.5. The highest BCUT2D eigenvalue weighted by Gasteiger charge is 2.14. The summed E-state index contributed by atoms with van der Waals surface area (Å²) >= 11 is 0. The molecule has 2 atom stereocenters. The van der Waals surface area contributed by atoms with Crippen molar-refractivity contribution in [1.29, 1.82) is 0 Å². The van der Waals surface area contributed by atoms with Crippen molar-refractivity contribution in [1.82, 2.24) is 9.97 Å². The number of ether oxygens (including phenoxy) is 2. The van der Waals surface area contributed by atoms with Gasteiger partial charge in [0, 0.05) is 24.8 Å². The smallest absolute Gasteiger partial charge is 0.310 e. The molecule has 48 heavy (non-hydrogen) atoms. The Balaban J connectivity index is 0.000000163. The van der Waals surface area contributed by atoms with Gasteiger partial charge in [0.2, 0.25) is 0 Å². The lowest BCUT2D eigenvalue weighted by Crippen LogP contribution is -2.06. The molecule has 2 heterocycles. The van der Waals surface area contributed by atoms with E-state index in [0.29, 0.717) is 0 Å². The third-order valence-corrected chi connectivity index (χ3v) is 7.76. The lowest BCUT2D eigenvalue weighted by Gasteiger charge is -2.08. The van der Waals surface area contributed by atoms with Crippen LogP contribution in [0, 0.1) is 0 Å². The van der Waals surface area contributed by atoms with Crippen LogP contribution in [0.2, 0.25) is 0 Å². The van der Waals surface area contributed by atoms with E-state index in [0.717, 1.165) is 55.3 Å². The predicted molar refractivity (Wildman–Crippen MR) is 191 cm³/mol. The van der Waals surface area contributed by atoms with Crippen molar-refractivity contribution < 1.29 is 29.3 Å². The second kappa shape index (κ2) is 17.1. The molecular formula is C40H38N2O6. The second-order valence-corrected chi connectivity index (χ2v) is 11.0. The molecule has 6 aromatic rings. The number of nitrogens with zero attached hydrogens (tertiary/aromatic N) is 2. The summed E-state index contributed by atoms with van der Waals surface area (Å²) in [5.41, 5.74) is 3.93. The third-order valence-electron chi connectivity index (χ3n) is 7.76. The van der Waals surface area contributed by atoms with Gasteiger partial charge < -0.3 is 19.7 Å². The molecule has 8 nitrogen and oxygen atoms in total. The number of hydrogen-bond donors (Lipinski definition) is 2. The van der Waals surface area contributed by atoms with E-state index in [1.165, 1.54) is 0 Å². The Morgan fingerprint density at radius 3 is 1.21 bits per heavy atom. The summed E-state index contributed by atoms with van der Waals surface area (Å²) < 4.78 is 10.3. The topological polar surface area (TPSA) is 119 Å². The van der Waals surface area contributed by atoms with Gasteiger partial charge >= 0.3 is 11.9 Å². The highest BCUT2D eigenvalue weighted by Crippen LogP contribution is 2.26. The molecule has 0 aliphatic carbocycles. The van der Waals surface area contributed by atoms with Crippen LogP contribution in [-0.2, 0) is 9.59 Å². The summed E-state index contributed by atoms with van der Waals surface area (Å²) in [6, 6.07) is 30.7. The zero-order valence-corrected chi connectivity index (χ0v) is 27.3. The van der Waals surface area contributed by atoms with E-state index in [1.807, 2.05) is 97.1 Å². The summed E-state index contributed by atoms with van der Waals surface area (Å²) in [7, 11) is 3.25. The van der Waals surface area contributed by atoms with Crippen LogP contribution in [0.25, 0.3) is 33.7 Å². The molecule has 6 rings (SSSR count). The van der Waals surface area contributed by atoms with Crippen molar-refractivity contribution in [2.45, 2.75) is 25.7 Å². The van der Waals surface area contributed by atoms with Gasteiger partial charge in [0.15, 0.2) is 0 Å². The fourth-order valence-electron chi connectivity index (χ4n) is 4.70. The first kappa shape index (κ1) is 34.8. The van der Waals surface area contributed by atoms with E-state index >= 15 is 0 Å². The van der Waals surface area contributed by atoms with Crippen LogP contribution >= 0.6 is 0 Å². The number of carbonyl (C=O) groups is 2. The van der Waals surface area contributed by atoms with Gasteiger partial charge in [-0.05, 0) is 106 Å². The van der Waals surface area contributed by atoms with Gasteiger partial charge in [-0.2, -0.15) is 0 Å². The minimum absolute atomic E-state index is 0.485. The Labute approximate surface area is 280 Å². The molecule has 0 saturated carbocycles. The van der Waals surface area contributed by atoms with E-state index in [1.54, 1.807) is 52.9 Å². The molecule has 8 heteroatoms. The maximum Gasteiger partial charge on any atom is 0.310 e. The van der Waals surface area contributed by atoms with Crippen LogP contribution in [-0.4, -0.2) is 46.3 Å². The normalized spacial score (nSPS) is 11.8. The van der Waals surface area contributed by atoms with Crippen LogP contribution in [0.15, 0.2) is 122 Å². The number of aromatic nitrogens is 2. The van der Waals surface area contributed by atoms with Gasteiger partial charge in [-0.3, -0.25) is 19.6 Å². The number of rotatable bonds is 8. The zero-order chi connectivity index (χ0) is 34.5. The maximum absolute atomic E-state index is 10.9. The van der Waals surface area contributed by atoms with Gasteiger partial charge in [0.1, 0.15) is 11.5 Å². The summed E-state index contributed by atoms with van der Waals surface area (Å²) in [6.45, 7) is 3.38. The van der Waals surface area contributed by atoms with Gasteiger partial charge in [0.25, 0.3) is 0 Å². The maximum atomic E-state index is 10.9. The zero-order valence-electron chi connectivity index (χ0n) is 27.3. The van der Waals surface area contributed by atoms with Gasteiger partial charge in [-0.1, -0.05) is 60.7 Å². The molecule has 0 bridgehead atoms. The second-order valence-electron chi connectivity index (χ2n) is 11.0. The molecule has 2 aromatic heterocycles. The minimum Gasteiger partial charge on any atom is -0.497 e. The molecule has 0 saturated heterocycles. The molecule has 0 amide bonds. The van der Waals surface area contributed by atoms with Gasteiger partial charge in [-0.15, -0.1) is 0 Å². The molecule has 0 unspecified atom stereocenters. The van der Waals surface area contributed by atoms with Crippen LogP contribution in [0.5, 0.6) is 11.5 Å². The van der Waals surface area contributed by atoms with Crippen LogP contribution in [0.4, 0.5) is 0 Å². The van der Waals surface area contributed by atoms with Crippen molar-refractivity contribution in [3.8, 4) is 11.5 Å². The number of carboxylic acid groups (broad SMARTS) is 2. The Hall–Kier alpha value is -6.02. The number of benzene rings is 4. The largest absolute Gasteiger partial charge is 0.497 e. The Morgan fingerprint density at radius 1 is 0.542 bits per heavy atom. The number of aliphatic carboxylic acids is 2. The molecule has 0 aliphatic rings. The number of carboxylic acids is 2. The van der Waals surface area contributed by atoms with E-state index in [4.69, 9.17) is 19.7 Å². The SMILES string of the molecule is C(=C\c1ccncc1)/c1ccncc1.COc1ccc2cc([C@H](C)C(=O)O)ccc2c1.COc1ccc2cc([C@H](C)C(=O)O)ccc2c1. The first-order valence-corrected chi connectivity index (χ1v) is 15.3. The summed E-state index contributed by atoms with van der Waals surface area (Å²) in [5, 5.41) is 22.1. The summed E-state index contributed by atoms with van der Waals surface area (Å²) in [6.07, 6.45) is 11.2. The summed E-state index contributed by atoms with van der Waals surface area (Å²) in [4.78, 5) is 29.7. The first-order chi connectivity index (χ1) is 23.2. The number of hydrogen-bond acceptors (Lipinski definition) is 6. The lowest BCUT2D eigenvalue weighted by atomic mass is 9.98. The average Bonchev–Trinajstić information content (AvgIpc) is 3.13. The quantitative estimate of drug-likeness (QED) is 0.169. The van der Waals surface area contributed by atoms with Crippen molar-refractivity contribution in [3.05, 3.63) is 144 Å². The van der Waals surface area contributed by atoms with E-state index in [9.17, 15) is 9.59 Å². The van der Waals surface area contributed by atoms with Crippen molar-refractivity contribution in [2.24, 2.45) is 0 Å². The van der Waals surface area contributed by atoms with Crippen molar-refractivity contribution in [3.63, 3.8) is 0 Å². The minimum atomic E-state index is -0.808. The van der Waals surface area contributed by atoms with Crippen molar-refractivity contribution in [2.75, 3.05) is 14.2 Å². The molecule has 4 aromatic carbocycles. The van der Waals surface area contributed by atoms with Crippen LogP contribution < -0.4 is 9.47 Å². The molecule has 244 valence electrons. The molecule has 2 N–H and O–H groups in total. The fraction of sp³-hybridized carbons (Fsp3) is 0.150. The van der Waals surface area contributed by atoms with Crippen molar-refractivity contribution >= 4 is 45.6 Å². The molecule has 0 fully saturated rings. The predicted octanol–water partition coefficient (Wildman–Crippen LogP) is 8.72. The standard InChI is InChI=1S/2C14H14O3.C12H10N2/c2*1-9(14(15)16)10-3-4-12-8-13(17-2)6-5-11(12)7-10;1(11-3-7-13-8-4-11)2-12-5-9-14-10-6-12/h2*3-9H,1-2H3,(H,15,16);1-10H/b;;2-1+/t2*9-;/m00./s1. The number of fused-ring (bicyclic) bond motifs is 2. The fourth-order valence-corrected chi connectivity index (χ4v) is 4.70. The highest BCUT2D eigenvalue weighted by molar-refractivity contribution is 5.87. The molecule has 0 aliphatic heterocycles. The molecule has 0 radical (unpaired) electrons. The van der Waals surface area contributed by atoms with Crippen LogP contribution in [0.3, 0.4) is 0 Å². The first-order valence-electron chi connectivity index (χ1n) is 15.3. The summed E-state index contributed by atoms with van der Waals surface area (Å²) in [5.74, 6) is -0.980. The molecule has 0 spiro atoms. The Morgan fingerprint density at radius 2 is 0.875 bits per heavy atom.